The second-order valence-electron chi connectivity index (χ2n) is 10.3. The number of carbonyl (C=O) groups is 2. The van der Waals surface area contributed by atoms with Crippen molar-refractivity contribution in [1.29, 1.82) is 0 Å². The average molecular weight is 523 g/mol. The minimum Gasteiger partial charge on any atom is -0.465 e. The minimum atomic E-state index is -0.375. The number of esters is 1. The summed E-state index contributed by atoms with van der Waals surface area (Å²) in [7, 11) is 1.38. The van der Waals surface area contributed by atoms with Gasteiger partial charge in [-0.05, 0) is 68.5 Å². The largest absolute Gasteiger partial charge is 0.465 e. The van der Waals surface area contributed by atoms with E-state index in [9.17, 15) is 9.59 Å². The number of nitrogens with two attached hydrogens (primary N) is 1. The smallest absolute Gasteiger partial charge is 0.337 e. The normalized spacial score (nSPS) is 15.6. The summed E-state index contributed by atoms with van der Waals surface area (Å²) in [6.07, 6.45) is 11.6. The minimum absolute atomic E-state index is 0.0119. The molecule has 200 valence electrons. The molecule has 1 aliphatic carbocycles. The van der Waals surface area contributed by atoms with Gasteiger partial charge in [-0.1, -0.05) is 37.5 Å². The summed E-state index contributed by atoms with van der Waals surface area (Å²) in [5, 5.41) is 0. The first-order valence-electron chi connectivity index (χ1n) is 13.5. The van der Waals surface area contributed by atoms with Crippen LogP contribution in [0.25, 0.3) is 27.7 Å². The highest BCUT2D eigenvalue weighted by atomic mass is 16.5. The maximum Gasteiger partial charge on any atom is 0.337 e. The van der Waals surface area contributed by atoms with Crippen molar-refractivity contribution in [3.8, 4) is 11.1 Å². The molecule has 7 heteroatoms. The number of Topliss-reactive ketones (excluding diaryl/α,β-unsaturated/α-hetero) is 1. The highest BCUT2D eigenvalue weighted by Crippen LogP contribution is 2.41. The Balaban J connectivity index is 1.75. The molecule has 7 nitrogen and oxygen atoms in total. The Kier molecular flexibility index (Phi) is 7.59. The molecule has 3 heterocycles. The molecule has 0 radical (unpaired) electrons. The molecule has 1 unspecified atom stereocenters. The molecule has 3 aromatic heterocycles. The van der Waals surface area contributed by atoms with E-state index in [1.54, 1.807) is 25.3 Å². The first-order valence-corrected chi connectivity index (χ1v) is 13.5. The summed E-state index contributed by atoms with van der Waals surface area (Å²) in [5.74, 6) is -0.0529. The molecular weight excluding hydrogens is 488 g/mol. The fourth-order valence-corrected chi connectivity index (χ4v) is 5.93. The fraction of sp³-hybridized carbons (Fsp3) is 0.312. The molecular formula is C32H34N4O3. The van der Waals surface area contributed by atoms with Crippen LogP contribution in [0, 0.1) is 5.92 Å². The summed E-state index contributed by atoms with van der Waals surface area (Å²) < 4.78 is 7.16. The Morgan fingerprint density at radius 1 is 1.00 bits per heavy atom. The van der Waals surface area contributed by atoms with Crippen LogP contribution in [-0.4, -0.2) is 33.4 Å². The first kappa shape index (κ1) is 26.4. The summed E-state index contributed by atoms with van der Waals surface area (Å²) in [5.41, 5.74) is 12.9. The third-order valence-corrected chi connectivity index (χ3v) is 7.71. The van der Waals surface area contributed by atoms with Gasteiger partial charge in [-0.15, -0.1) is 0 Å². The second-order valence-corrected chi connectivity index (χ2v) is 10.3. The predicted octanol–water partition coefficient (Wildman–Crippen LogP) is 6.33. The Bertz CT molecular complexity index is 1530. The Morgan fingerprint density at radius 3 is 2.36 bits per heavy atom. The van der Waals surface area contributed by atoms with E-state index in [1.807, 2.05) is 36.5 Å². The molecule has 0 aliphatic heterocycles. The lowest BCUT2D eigenvalue weighted by Crippen LogP contribution is -2.23. The van der Waals surface area contributed by atoms with Crippen LogP contribution in [0.2, 0.25) is 0 Å². The Labute approximate surface area is 228 Å². The van der Waals surface area contributed by atoms with Crippen LogP contribution in [0.1, 0.15) is 73.6 Å². The van der Waals surface area contributed by atoms with Crippen LogP contribution in [0.5, 0.6) is 0 Å². The zero-order chi connectivity index (χ0) is 27.5. The number of benzene rings is 1. The molecule has 39 heavy (non-hydrogen) atoms. The van der Waals surface area contributed by atoms with Crippen molar-refractivity contribution in [2.45, 2.75) is 52.0 Å². The number of ketones is 1. The standard InChI is InChI=1S/C32H34N4O3/c1-20(33)29(21(2)37)25-17-28-30(35-18-25)26(22-12-14-24(15-13-22)32(38)39-3)19-36(28)31(23-9-5-4-6-10-23)27-11-7-8-16-34-27/h7-8,11-19,23,31H,4-6,9-10,33H2,1-3H3/b29-20+. The van der Waals surface area contributed by atoms with Crippen molar-refractivity contribution in [2.75, 3.05) is 7.11 Å². The lowest BCUT2D eigenvalue weighted by atomic mass is 9.82. The monoisotopic (exact) mass is 522 g/mol. The lowest BCUT2D eigenvalue weighted by Gasteiger charge is -2.31. The van der Waals surface area contributed by atoms with E-state index in [1.165, 1.54) is 33.3 Å². The summed E-state index contributed by atoms with van der Waals surface area (Å²) in [6.45, 7) is 3.27. The van der Waals surface area contributed by atoms with Crippen molar-refractivity contribution in [3.05, 3.63) is 89.6 Å². The van der Waals surface area contributed by atoms with Gasteiger partial charge in [0.15, 0.2) is 5.78 Å². The summed E-state index contributed by atoms with van der Waals surface area (Å²) >= 11 is 0. The number of nitrogens with zero attached hydrogens (tertiary/aromatic N) is 3. The van der Waals surface area contributed by atoms with Crippen molar-refractivity contribution in [1.82, 2.24) is 14.5 Å². The van der Waals surface area contributed by atoms with Crippen LogP contribution in [0.3, 0.4) is 0 Å². The van der Waals surface area contributed by atoms with Gasteiger partial charge in [-0.2, -0.15) is 0 Å². The van der Waals surface area contributed by atoms with Gasteiger partial charge in [-0.3, -0.25) is 14.8 Å². The number of methoxy groups -OCH3 is 1. The predicted molar refractivity (Wildman–Crippen MR) is 153 cm³/mol. The van der Waals surface area contributed by atoms with Crippen LogP contribution >= 0.6 is 0 Å². The second kappa shape index (κ2) is 11.2. The maximum atomic E-state index is 12.5. The van der Waals surface area contributed by atoms with E-state index in [-0.39, 0.29) is 17.8 Å². The number of hydrogen-bond acceptors (Lipinski definition) is 6. The van der Waals surface area contributed by atoms with Gasteiger partial charge >= 0.3 is 5.97 Å². The van der Waals surface area contributed by atoms with E-state index in [0.717, 1.165) is 40.7 Å². The van der Waals surface area contributed by atoms with Gasteiger partial charge in [0, 0.05) is 41.0 Å². The molecule has 5 rings (SSSR count). The van der Waals surface area contributed by atoms with Gasteiger partial charge in [0.25, 0.3) is 0 Å². The quantitative estimate of drug-likeness (QED) is 0.225. The van der Waals surface area contributed by atoms with Crippen LogP contribution in [0.15, 0.2) is 72.8 Å². The van der Waals surface area contributed by atoms with Crippen LogP contribution in [0.4, 0.5) is 0 Å². The van der Waals surface area contributed by atoms with E-state index < -0.39 is 0 Å². The number of pyridine rings is 2. The number of fused-ring (bicyclic) bond motifs is 1. The SMILES string of the molecule is COC(=O)c1ccc(-c2cn(C(c3ccccn3)C3CCCCC3)c3cc(/C(C(C)=O)=C(\C)N)cnc23)cc1. The third kappa shape index (κ3) is 5.21. The van der Waals surface area contributed by atoms with Crippen molar-refractivity contribution in [2.24, 2.45) is 11.7 Å². The highest BCUT2D eigenvalue weighted by Gasteiger charge is 2.30. The maximum absolute atomic E-state index is 12.5. The Morgan fingerprint density at radius 2 is 1.74 bits per heavy atom. The highest BCUT2D eigenvalue weighted by molar-refractivity contribution is 6.20. The van der Waals surface area contributed by atoms with Crippen LogP contribution in [-0.2, 0) is 9.53 Å². The van der Waals surface area contributed by atoms with E-state index >= 15 is 0 Å². The van der Waals surface area contributed by atoms with E-state index in [2.05, 4.69) is 16.8 Å². The molecule has 4 aromatic rings. The van der Waals surface area contributed by atoms with Gasteiger partial charge < -0.3 is 15.0 Å². The number of carbonyl (C=O) groups excluding carboxylic acids is 2. The number of hydrogen-bond donors (Lipinski definition) is 1. The van der Waals surface area contributed by atoms with Crippen molar-refractivity contribution in [3.63, 3.8) is 0 Å². The van der Waals surface area contributed by atoms with Gasteiger partial charge in [0.1, 0.15) is 0 Å². The molecule has 1 atom stereocenters. The molecule has 0 saturated heterocycles. The number of aromatic nitrogens is 3. The molecule has 2 N–H and O–H groups in total. The molecule has 0 spiro atoms. The average Bonchev–Trinajstić information content (AvgIpc) is 3.32. The molecule has 0 bridgehead atoms. The van der Waals surface area contributed by atoms with E-state index in [4.69, 9.17) is 20.4 Å². The van der Waals surface area contributed by atoms with Crippen molar-refractivity contribution < 1.29 is 14.3 Å². The van der Waals surface area contributed by atoms with E-state index in [0.29, 0.717) is 28.3 Å². The fourth-order valence-electron chi connectivity index (χ4n) is 5.93. The molecule has 1 aromatic carbocycles. The zero-order valence-corrected chi connectivity index (χ0v) is 22.7. The lowest BCUT2D eigenvalue weighted by molar-refractivity contribution is -0.111. The Hall–Kier alpha value is -4.26. The molecule has 0 amide bonds. The molecule has 1 saturated carbocycles. The number of rotatable bonds is 7. The zero-order valence-electron chi connectivity index (χ0n) is 22.7. The van der Waals surface area contributed by atoms with Crippen molar-refractivity contribution >= 4 is 28.4 Å². The van der Waals surface area contributed by atoms with Gasteiger partial charge in [-0.25, -0.2) is 4.79 Å². The summed E-state index contributed by atoms with van der Waals surface area (Å²) in [4.78, 5) is 34.2. The van der Waals surface area contributed by atoms with Gasteiger partial charge in [0.2, 0.25) is 0 Å². The van der Waals surface area contributed by atoms with Crippen LogP contribution < -0.4 is 5.73 Å². The topological polar surface area (TPSA) is 100 Å². The first-order chi connectivity index (χ1) is 18.9. The molecule has 1 aliphatic rings. The molecule has 1 fully saturated rings. The van der Waals surface area contributed by atoms with Gasteiger partial charge in [0.05, 0.1) is 35.4 Å². The number of ether oxygens (including phenoxy) is 1. The summed E-state index contributed by atoms with van der Waals surface area (Å²) in [6, 6.07) is 15.5. The third-order valence-electron chi connectivity index (χ3n) is 7.71. The number of allylic oxidation sites excluding steroid dienone is 2.